The Morgan fingerprint density at radius 1 is 1.33 bits per heavy atom. The number of benzene rings is 1. The van der Waals surface area contributed by atoms with Gasteiger partial charge in [0.25, 0.3) is 5.91 Å². The van der Waals surface area contributed by atoms with Crippen molar-refractivity contribution in [2.75, 3.05) is 7.11 Å². The van der Waals surface area contributed by atoms with Gasteiger partial charge in [-0.25, -0.2) is 0 Å². The maximum atomic E-state index is 12.4. The maximum Gasteiger partial charge on any atom is 0.252 e. The van der Waals surface area contributed by atoms with Crippen LogP contribution >= 0.6 is 12.2 Å². The number of nitrogens with two attached hydrogens (primary N) is 1. The molecule has 0 radical (unpaired) electrons. The highest BCUT2D eigenvalue weighted by Crippen LogP contribution is 2.32. The first-order valence-corrected chi connectivity index (χ1v) is 7.64. The molecular weight excluding hydrogens is 284 g/mol. The highest BCUT2D eigenvalue weighted by molar-refractivity contribution is 7.80. The van der Waals surface area contributed by atoms with Gasteiger partial charge in [0.05, 0.1) is 17.6 Å². The van der Waals surface area contributed by atoms with Crippen molar-refractivity contribution in [3.63, 3.8) is 0 Å². The lowest BCUT2D eigenvalue weighted by atomic mass is 9.77. The van der Waals surface area contributed by atoms with Crippen molar-refractivity contribution in [2.45, 2.75) is 38.1 Å². The van der Waals surface area contributed by atoms with E-state index in [1.165, 1.54) is 0 Å². The Balaban J connectivity index is 2.12. The van der Waals surface area contributed by atoms with Crippen LogP contribution in [0.3, 0.4) is 0 Å². The molecule has 1 aliphatic carbocycles. The molecule has 1 aliphatic rings. The number of methoxy groups -OCH3 is 1. The number of thiocarbonyl (C=S) groups is 1. The number of carbonyl (C=O) groups excluding carboxylic acids is 1. The summed E-state index contributed by atoms with van der Waals surface area (Å²) in [6.07, 6.45) is 3.68. The molecule has 0 saturated heterocycles. The molecule has 0 spiro atoms. The van der Waals surface area contributed by atoms with E-state index in [-0.39, 0.29) is 5.91 Å². The predicted molar refractivity (Wildman–Crippen MR) is 87.6 cm³/mol. The lowest BCUT2D eigenvalue weighted by Crippen LogP contribution is -2.58. The van der Waals surface area contributed by atoms with E-state index in [2.05, 4.69) is 12.2 Å². The molecule has 0 unspecified atom stereocenters. The minimum absolute atomic E-state index is 0.139. The van der Waals surface area contributed by atoms with Crippen LogP contribution in [0.25, 0.3) is 0 Å². The van der Waals surface area contributed by atoms with E-state index in [1.54, 1.807) is 31.4 Å². The van der Waals surface area contributed by atoms with Crippen molar-refractivity contribution in [1.29, 1.82) is 0 Å². The van der Waals surface area contributed by atoms with Gasteiger partial charge in [0, 0.05) is 5.56 Å². The first-order valence-electron chi connectivity index (χ1n) is 7.23. The fraction of sp³-hybridized carbons (Fsp3) is 0.500. The topological polar surface area (TPSA) is 64.3 Å². The summed E-state index contributed by atoms with van der Waals surface area (Å²) in [6, 6.07) is 7.02. The van der Waals surface area contributed by atoms with E-state index in [0.717, 1.165) is 31.4 Å². The minimum atomic E-state index is -0.543. The van der Waals surface area contributed by atoms with Crippen LogP contribution in [-0.4, -0.2) is 23.5 Å². The van der Waals surface area contributed by atoms with Crippen LogP contribution in [0, 0.1) is 5.92 Å². The molecule has 3 N–H and O–H groups in total. The highest BCUT2D eigenvalue weighted by atomic mass is 32.1. The SMILES string of the molecule is COc1ccc(C(=O)NC2(C(N)=S)CCC(C)CC2)cc1. The summed E-state index contributed by atoms with van der Waals surface area (Å²) in [5.41, 5.74) is 5.96. The molecule has 0 heterocycles. The molecule has 1 saturated carbocycles. The quantitative estimate of drug-likeness (QED) is 0.839. The second-order valence-electron chi connectivity index (χ2n) is 5.81. The van der Waals surface area contributed by atoms with Gasteiger partial charge in [-0.05, 0) is 55.9 Å². The number of ether oxygens (including phenoxy) is 1. The third-order valence-electron chi connectivity index (χ3n) is 4.30. The summed E-state index contributed by atoms with van der Waals surface area (Å²) >= 11 is 5.22. The summed E-state index contributed by atoms with van der Waals surface area (Å²) in [5, 5.41) is 3.06. The number of hydrogen-bond acceptors (Lipinski definition) is 3. The number of nitrogens with one attached hydrogen (secondary N) is 1. The van der Waals surface area contributed by atoms with Gasteiger partial charge >= 0.3 is 0 Å². The molecule has 0 atom stereocenters. The lowest BCUT2D eigenvalue weighted by molar-refractivity contribution is 0.0900. The molecule has 4 nitrogen and oxygen atoms in total. The van der Waals surface area contributed by atoms with E-state index in [9.17, 15) is 4.79 Å². The monoisotopic (exact) mass is 306 g/mol. The lowest BCUT2D eigenvalue weighted by Gasteiger charge is -2.39. The van der Waals surface area contributed by atoms with E-state index in [1.807, 2.05) is 0 Å². The van der Waals surface area contributed by atoms with Gasteiger partial charge in [0.1, 0.15) is 5.75 Å². The standard InChI is InChI=1S/C16H22N2O2S/c1-11-7-9-16(10-8-11,15(17)21)18-14(19)12-3-5-13(20-2)6-4-12/h3-6,11H,7-10H2,1-2H3,(H2,17,21)(H,18,19). The zero-order chi connectivity index (χ0) is 15.5. The fourth-order valence-electron chi connectivity index (χ4n) is 2.72. The Morgan fingerprint density at radius 3 is 2.38 bits per heavy atom. The van der Waals surface area contributed by atoms with Crippen molar-refractivity contribution >= 4 is 23.1 Å². The van der Waals surface area contributed by atoms with Gasteiger partial charge in [-0.2, -0.15) is 0 Å². The van der Waals surface area contributed by atoms with Gasteiger partial charge in [-0.1, -0.05) is 19.1 Å². The fourth-order valence-corrected chi connectivity index (χ4v) is 2.97. The van der Waals surface area contributed by atoms with Gasteiger partial charge in [-0.15, -0.1) is 0 Å². The highest BCUT2D eigenvalue weighted by Gasteiger charge is 2.38. The molecule has 1 aromatic rings. The molecule has 0 bridgehead atoms. The van der Waals surface area contributed by atoms with Crippen molar-refractivity contribution in [3.8, 4) is 5.75 Å². The van der Waals surface area contributed by atoms with Crippen LogP contribution in [0.2, 0.25) is 0 Å². The van der Waals surface area contributed by atoms with E-state index in [4.69, 9.17) is 22.7 Å². The molecule has 0 aromatic heterocycles. The van der Waals surface area contributed by atoms with Crippen LogP contribution < -0.4 is 15.8 Å². The molecule has 21 heavy (non-hydrogen) atoms. The largest absolute Gasteiger partial charge is 0.497 e. The normalized spacial score (nSPS) is 25.1. The number of rotatable bonds is 4. The minimum Gasteiger partial charge on any atom is -0.497 e. The molecule has 5 heteroatoms. The maximum absolute atomic E-state index is 12.4. The number of hydrogen-bond donors (Lipinski definition) is 2. The van der Waals surface area contributed by atoms with Crippen molar-refractivity contribution in [1.82, 2.24) is 5.32 Å². The zero-order valence-corrected chi connectivity index (χ0v) is 13.3. The summed E-state index contributed by atoms with van der Waals surface area (Å²) in [7, 11) is 1.60. The third kappa shape index (κ3) is 3.53. The second-order valence-corrected chi connectivity index (χ2v) is 6.25. The Labute approximate surface area is 131 Å². The van der Waals surface area contributed by atoms with Crippen LogP contribution in [-0.2, 0) is 0 Å². The predicted octanol–water partition coefficient (Wildman–Crippen LogP) is 2.66. The Bertz CT molecular complexity index is 520. The summed E-state index contributed by atoms with van der Waals surface area (Å²) < 4.78 is 5.10. The molecule has 1 amide bonds. The van der Waals surface area contributed by atoms with Crippen LogP contribution in [0.5, 0.6) is 5.75 Å². The molecule has 2 rings (SSSR count). The van der Waals surface area contributed by atoms with Gasteiger partial charge in [0.2, 0.25) is 0 Å². The van der Waals surface area contributed by atoms with E-state index < -0.39 is 5.54 Å². The molecule has 0 aliphatic heterocycles. The van der Waals surface area contributed by atoms with Gasteiger partial charge in [-0.3, -0.25) is 4.79 Å². The third-order valence-corrected chi connectivity index (χ3v) is 4.70. The summed E-state index contributed by atoms with van der Waals surface area (Å²) in [6.45, 7) is 2.22. The number of amides is 1. The molecule has 1 aromatic carbocycles. The summed E-state index contributed by atoms with van der Waals surface area (Å²) in [5.74, 6) is 1.24. The molecular formula is C16H22N2O2S. The van der Waals surface area contributed by atoms with Crippen molar-refractivity contribution < 1.29 is 9.53 Å². The Morgan fingerprint density at radius 2 is 1.90 bits per heavy atom. The smallest absolute Gasteiger partial charge is 0.252 e. The van der Waals surface area contributed by atoms with Crippen LogP contribution in [0.1, 0.15) is 43.0 Å². The van der Waals surface area contributed by atoms with E-state index >= 15 is 0 Å². The average molecular weight is 306 g/mol. The average Bonchev–Trinajstić information content (AvgIpc) is 2.49. The van der Waals surface area contributed by atoms with Crippen molar-refractivity contribution in [2.24, 2.45) is 11.7 Å². The molecule has 114 valence electrons. The second kappa shape index (κ2) is 6.43. The van der Waals surface area contributed by atoms with Crippen molar-refractivity contribution in [3.05, 3.63) is 29.8 Å². The Kier molecular flexibility index (Phi) is 4.83. The van der Waals surface area contributed by atoms with Crippen LogP contribution in [0.15, 0.2) is 24.3 Å². The van der Waals surface area contributed by atoms with Crippen LogP contribution in [0.4, 0.5) is 0 Å². The van der Waals surface area contributed by atoms with Gasteiger partial charge < -0.3 is 15.8 Å². The van der Waals surface area contributed by atoms with E-state index in [0.29, 0.717) is 16.5 Å². The summed E-state index contributed by atoms with van der Waals surface area (Å²) in [4.78, 5) is 12.8. The Hall–Kier alpha value is -1.62. The number of carbonyl (C=O) groups is 1. The first-order chi connectivity index (χ1) is 9.97. The molecule has 1 fully saturated rings. The zero-order valence-electron chi connectivity index (χ0n) is 12.5. The first kappa shape index (κ1) is 15.8. The van der Waals surface area contributed by atoms with Gasteiger partial charge in [0.15, 0.2) is 0 Å².